The van der Waals surface area contributed by atoms with E-state index < -0.39 is 0 Å². The number of hydrogen-bond acceptors (Lipinski definition) is 7. The number of thiophene rings is 1. The van der Waals surface area contributed by atoms with E-state index in [2.05, 4.69) is 16.0 Å². The second-order valence-electron chi connectivity index (χ2n) is 7.75. The Morgan fingerprint density at radius 1 is 1.12 bits per heavy atom. The van der Waals surface area contributed by atoms with Gasteiger partial charge in [0, 0.05) is 68.9 Å². The average Bonchev–Trinajstić information content (AvgIpc) is 3.42. The SMILES string of the molecule is O=C(CCCN1C(=O)/C(=C/c2cccs2)SC1=S)N1CCN(CCc2ccccn2)CC1. The minimum Gasteiger partial charge on any atom is -0.340 e. The molecule has 32 heavy (non-hydrogen) atoms. The zero-order valence-corrected chi connectivity index (χ0v) is 20.3. The molecule has 4 heterocycles. The Morgan fingerprint density at radius 2 is 1.97 bits per heavy atom. The summed E-state index contributed by atoms with van der Waals surface area (Å²) in [5, 5.41) is 1.98. The van der Waals surface area contributed by atoms with Crippen LogP contribution in [0.15, 0.2) is 46.8 Å². The number of rotatable bonds is 8. The van der Waals surface area contributed by atoms with Gasteiger partial charge in [0.25, 0.3) is 5.91 Å². The van der Waals surface area contributed by atoms with Crippen LogP contribution in [0.25, 0.3) is 6.08 Å². The number of piperazine rings is 1. The molecule has 0 aliphatic carbocycles. The summed E-state index contributed by atoms with van der Waals surface area (Å²) in [6, 6.07) is 9.94. The van der Waals surface area contributed by atoms with Crippen LogP contribution in [-0.4, -0.2) is 75.1 Å². The number of carbonyl (C=O) groups excluding carboxylic acids is 2. The number of thioether (sulfide) groups is 1. The van der Waals surface area contributed by atoms with Gasteiger partial charge in [0.2, 0.25) is 5.91 Å². The highest BCUT2D eigenvalue weighted by molar-refractivity contribution is 8.26. The molecule has 2 aliphatic heterocycles. The topological polar surface area (TPSA) is 56.8 Å². The van der Waals surface area contributed by atoms with Gasteiger partial charge in [-0.3, -0.25) is 24.4 Å². The van der Waals surface area contributed by atoms with Crippen molar-refractivity contribution in [2.75, 3.05) is 39.3 Å². The third-order valence-corrected chi connectivity index (χ3v) is 7.79. The first kappa shape index (κ1) is 23.1. The third kappa shape index (κ3) is 6.04. The van der Waals surface area contributed by atoms with E-state index in [-0.39, 0.29) is 11.8 Å². The maximum absolute atomic E-state index is 12.7. The standard InChI is InChI=1S/C23H26N4O2S3/c28-21(26-14-12-25(13-15-26)11-8-18-5-1-2-9-24-18)7-3-10-27-22(29)20(32-23(27)30)17-19-6-4-16-31-19/h1-2,4-6,9,16-17H,3,7-8,10-15H2/b20-17-. The normalized spacial score (nSPS) is 18.7. The molecule has 0 spiro atoms. The van der Waals surface area contributed by atoms with Crippen molar-refractivity contribution in [3.63, 3.8) is 0 Å². The molecular formula is C23H26N4O2S3. The molecule has 0 N–H and O–H groups in total. The second kappa shape index (κ2) is 11.2. The van der Waals surface area contributed by atoms with Crippen LogP contribution >= 0.6 is 35.3 Å². The summed E-state index contributed by atoms with van der Waals surface area (Å²) in [6.07, 6.45) is 5.71. The first-order chi connectivity index (χ1) is 15.6. The predicted molar refractivity (Wildman–Crippen MR) is 134 cm³/mol. The number of thiocarbonyl (C=S) groups is 1. The van der Waals surface area contributed by atoms with Crippen molar-refractivity contribution in [3.8, 4) is 0 Å². The molecule has 2 aliphatic rings. The van der Waals surface area contributed by atoms with Gasteiger partial charge in [-0.1, -0.05) is 36.1 Å². The molecular weight excluding hydrogens is 460 g/mol. The van der Waals surface area contributed by atoms with Gasteiger partial charge in [0.1, 0.15) is 4.32 Å². The van der Waals surface area contributed by atoms with Crippen LogP contribution in [0.4, 0.5) is 0 Å². The summed E-state index contributed by atoms with van der Waals surface area (Å²) in [4.78, 5) is 37.3. The maximum Gasteiger partial charge on any atom is 0.266 e. The number of aromatic nitrogens is 1. The molecule has 0 radical (unpaired) electrons. The summed E-state index contributed by atoms with van der Waals surface area (Å²) in [5.74, 6) is 0.108. The van der Waals surface area contributed by atoms with E-state index in [1.54, 1.807) is 16.2 Å². The van der Waals surface area contributed by atoms with E-state index in [0.717, 1.165) is 49.7 Å². The highest BCUT2D eigenvalue weighted by Gasteiger charge is 2.32. The van der Waals surface area contributed by atoms with Crippen molar-refractivity contribution >= 4 is 57.5 Å². The quantitative estimate of drug-likeness (QED) is 0.420. The molecule has 0 unspecified atom stereocenters. The van der Waals surface area contributed by atoms with Crippen molar-refractivity contribution in [1.82, 2.24) is 19.7 Å². The number of amides is 2. The van der Waals surface area contributed by atoms with Gasteiger partial charge in [0.15, 0.2) is 0 Å². The molecule has 2 aromatic rings. The van der Waals surface area contributed by atoms with Gasteiger partial charge in [-0.25, -0.2) is 0 Å². The monoisotopic (exact) mass is 486 g/mol. The van der Waals surface area contributed by atoms with Crippen LogP contribution in [0.1, 0.15) is 23.4 Å². The molecule has 0 saturated carbocycles. The highest BCUT2D eigenvalue weighted by Crippen LogP contribution is 2.33. The van der Waals surface area contributed by atoms with Crippen molar-refractivity contribution in [2.45, 2.75) is 19.3 Å². The first-order valence-electron chi connectivity index (χ1n) is 10.8. The molecule has 6 nitrogen and oxygen atoms in total. The molecule has 9 heteroatoms. The second-order valence-corrected chi connectivity index (χ2v) is 10.4. The summed E-state index contributed by atoms with van der Waals surface area (Å²) >= 11 is 8.33. The highest BCUT2D eigenvalue weighted by atomic mass is 32.2. The van der Waals surface area contributed by atoms with E-state index in [1.807, 2.05) is 46.8 Å². The summed E-state index contributed by atoms with van der Waals surface area (Å²) in [5.41, 5.74) is 1.10. The number of pyridine rings is 1. The molecule has 168 valence electrons. The van der Waals surface area contributed by atoms with Gasteiger partial charge < -0.3 is 4.90 Å². The van der Waals surface area contributed by atoms with Crippen LogP contribution in [0.5, 0.6) is 0 Å². The van der Waals surface area contributed by atoms with Gasteiger partial charge >= 0.3 is 0 Å². The lowest BCUT2D eigenvalue weighted by atomic mass is 10.2. The Bertz CT molecular complexity index is 970. The van der Waals surface area contributed by atoms with Crippen LogP contribution < -0.4 is 0 Å². The molecule has 2 saturated heterocycles. The fraction of sp³-hybridized carbons (Fsp3) is 0.391. The lowest BCUT2D eigenvalue weighted by Gasteiger charge is -2.34. The van der Waals surface area contributed by atoms with Crippen molar-refractivity contribution in [3.05, 3.63) is 57.4 Å². The van der Waals surface area contributed by atoms with E-state index in [4.69, 9.17) is 12.2 Å². The lowest BCUT2D eigenvalue weighted by molar-refractivity contribution is -0.133. The van der Waals surface area contributed by atoms with E-state index in [1.165, 1.54) is 11.8 Å². The lowest BCUT2D eigenvalue weighted by Crippen LogP contribution is -2.49. The zero-order chi connectivity index (χ0) is 22.3. The first-order valence-corrected chi connectivity index (χ1v) is 12.9. The van der Waals surface area contributed by atoms with E-state index >= 15 is 0 Å². The predicted octanol–water partition coefficient (Wildman–Crippen LogP) is 3.51. The minimum atomic E-state index is -0.0534. The summed E-state index contributed by atoms with van der Waals surface area (Å²) < 4.78 is 0.576. The average molecular weight is 487 g/mol. The van der Waals surface area contributed by atoms with Crippen molar-refractivity contribution in [2.24, 2.45) is 0 Å². The molecule has 0 bridgehead atoms. The largest absolute Gasteiger partial charge is 0.340 e. The summed E-state index contributed by atoms with van der Waals surface area (Å²) in [7, 11) is 0. The van der Waals surface area contributed by atoms with Crippen LogP contribution in [0, 0.1) is 0 Å². The molecule has 2 amide bonds. The maximum atomic E-state index is 12.7. The Morgan fingerprint density at radius 3 is 2.69 bits per heavy atom. The third-order valence-electron chi connectivity index (χ3n) is 5.60. The zero-order valence-electron chi connectivity index (χ0n) is 17.8. The Hall–Kier alpha value is -2.07. The smallest absolute Gasteiger partial charge is 0.266 e. The Kier molecular flexibility index (Phi) is 8.07. The van der Waals surface area contributed by atoms with Crippen molar-refractivity contribution < 1.29 is 9.59 Å². The van der Waals surface area contributed by atoms with Crippen LogP contribution in [0.3, 0.4) is 0 Å². The molecule has 2 fully saturated rings. The van der Waals surface area contributed by atoms with Gasteiger partial charge in [0.05, 0.1) is 4.91 Å². The molecule has 0 aromatic carbocycles. The summed E-state index contributed by atoms with van der Waals surface area (Å²) in [6.45, 7) is 4.74. The number of carbonyl (C=O) groups is 2. The molecule has 4 rings (SSSR count). The van der Waals surface area contributed by atoms with Gasteiger partial charge in [-0.2, -0.15) is 0 Å². The Balaban J connectivity index is 1.17. The molecule has 2 aromatic heterocycles. The van der Waals surface area contributed by atoms with Gasteiger partial charge in [-0.15, -0.1) is 11.3 Å². The number of nitrogens with zero attached hydrogens (tertiary/aromatic N) is 4. The van der Waals surface area contributed by atoms with Crippen LogP contribution in [-0.2, 0) is 16.0 Å². The fourth-order valence-electron chi connectivity index (χ4n) is 3.78. The molecule has 0 atom stereocenters. The number of hydrogen-bond donors (Lipinski definition) is 0. The van der Waals surface area contributed by atoms with E-state index in [9.17, 15) is 9.59 Å². The Labute approximate surface area is 202 Å². The van der Waals surface area contributed by atoms with E-state index in [0.29, 0.717) is 28.6 Å². The van der Waals surface area contributed by atoms with Gasteiger partial charge in [-0.05, 0) is 36.1 Å². The van der Waals surface area contributed by atoms with Crippen LogP contribution in [0.2, 0.25) is 0 Å². The minimum absolute atomic E-state index is 0.0534. The van der Waals surface area contributed by atoms with Crippen molar-refractivity contribution in [1.29, 1.82) is 0 Å². The fourth-order valence-corrected chi connectivity index (χ4v) is 5.81.